The van der Waals surface area contributed by atoms with E-state index >= 15 is 0 Å². The molecule has 0 fully saturated rings. The van der Waals surface area contributed by atoms with Crippen LogP contribution in [0.25, 0.3) is 0 Å². The van der Waals surface area contributed by atoms with Crippen LogP contribution in [0.3, 0.4) is 0 Å². The highest BCUT2D eigenvalue weighted by Crippen LogP contribution is 2.13. The fourth-order valence-electron chi connectivity index (χ4n) is 2.75. The van der Waals surface area contributed by atoms with Crippen molar-refractivity contribution in [2.45, 2.75) is 52.2 Å². The monoisotopic (exact) mass is 426 g/mol. The molecule has 0 aliphatic carbocycles. The van der Waals surface area contributed by atoms with Gasteiger partial charge in [0.15, 0.2) is 0 Å². The molecule has 0 spiro atoms. The third-order valence-corrected chi connectivity index (χ3v) is 4.17. The number of nitrogens with one attached hydrogen (secondary N) is 1. The lowest BCUT2D eigenvalue weighted by molar-refractivity contribution is -0.146. The average molecular weight is 427 g/mol. The van der Waals surface area contributed by atoms with Crippen LogP contribution < -0.4 is 10.1 Å². The molecule has 0 radical (unpaired) electrons. The first-order valence-electron chi connectivity index (χ1n) is 10.1. The van der Waals surface area contributed by atoms with Gasteiger partial charge < -0.3 is 19.6 Å². The number of amides is 1. The molecule has 0 unspecified atom stereocenters. The first-order chi connectivity index (χ1) is 14.7. The second kappa shape index (κ2) is 11.2. The number of alkyl carbamates (subject to hydrolysis) is 1. The molecule has 0 aliphatic rings. The molecule has 0 saturated heterocycles. The Bertz CT molecular complexity index is 886. The van der Waals surface area contributed by atoms with Crippen molar-refractivity contribution < 1.29 is 23.9 Å². The normalized spacial score (nSPS) is 12.6. The van der Waals surface area contributed by atoms with Crippen molar-refractivity contribution >= 4 is 17.8 Å². The van der Waals surface area contributed by atoms with Gasteiger partial charge >= 0.3 is 12.1 Å². The average Bonchev–Trinajstić information content (AvgIpc) is 2.71. The van der Waals surface area contributed by atoms with Gasteiger partial charge in [-0.2, -0.15) is 0 Å². The van der Waals surface area contributed by atoms with E-state index in [0.717, 1.165) is 16.9 Å². The zero-order chi connectivity index (χ0) is 22.9. The summed E-state index contributed by atoms with van der Waals surface area (Å²) in [5, 5.41) is 6.54. The molecule has 1 amide bonds. The van der Waals surface area contributed by atoms with Crippen LogP contribution >= 0.6 is 0 Å². The van der Waals surface area contributed by atoms with Crippen molar-refractivity contribution in [2.75, 3.05) is 7.11 Å². The Morgan fingerprint density at radius 3 is 2.23 bits per heavy atom. The Morgan fingerprint density at radius 2 is 1.65 bits per heavy atom. The molecule has 7 heteroatoms. The summed E-state index contributed by atoms with van der Waals surface area (Å²) in [6, 6.07) is 16.0. The molecule has 2 aromatic rings. The van der Waals surface area contributed by atoms with E-state index in [9.17, 15) is 9.59 Å². The van der Waals surface area contributed by atoms with E-state index in [0.29, 0.717) is 12.1 Å². The topological polar surface area (TPSA) is 86.2 Å². The van der Waals surface area contributed by atoms with Gasteiger partial charge in [0.1, 0.15) is 17.4 Å². The number of nitrogens with zero attached hydrogens (tertiary/aromatic N) is 1. The third kappa shape index (κ3) is 8.90. The van der Waals surface area contributed by atoms with E-state index in [2.05, 4.69) is 10.5 Å². The van der Waals surface area contributed by atoms with Crippen molar-refractivity contribution in [1.29, 1.82) is 0 Å². The first-order valence-corrected chi connectivity index (χ1v) is 10.1. The van der Waals surface area contributed by atoms with E-state index in [-0.39, 0.29) is 6.42 Å². The number of ether oxygens (including phenoxy) is 2. The lowest BCUT2D eigenvalue weighted by Crippen LogP contribution is -2.45. The van der Waals surface area contributed by atoms with Crippen LogP contribution in [0.5, 0.6) is 5.75 Å². The van der Waals surface area contributed by atoms with Crippen LogP contribution in [0.1, 0.15) is 38.8 Å². The number of methoxy groups -OCH3 is 1. The lowest BCUT2D eigenvalue weighted by Gasteiger charge is -2.22. The van der Waals surface area contributed by atoms with Gasteiger partial charge in [0.25, 0.3) is 0 Å². The van der Waals surface area contributed by atoms with E-state index in [1.807, 2.05) is 54.6 Å². The van der Waals surface area contributed by atoms with Gasteiger partial charge in [-0.05, 0) is 51.0 Å². The Morgan fingerprint density at radius 1 is 1.00 bits per heavy atom. The van der Waals surface area contributed by atoms with Crippen molar-refractivity contribution in [2.24, 2.45) is 5.16 Å². The Labute approximate surface area is 183 Å². The highest BCUT2D eigenvalue weighted by Gasteiger charge is 2.26. The predicted molar refractivity (Wildman–Crippen MR) is 119 cm³/mol. The molecule has 7 nitrogen and oxygen atoms in total. The molecular weight excluding hydrogens is 396 g/mol. The van der Waals surface area contributed by atoms with Gasteiger partial charge in [-0.1, -0.05) is 47.6 Å². The van der Waals surface area contributed by atoms with Crippen molar-refractivity contribution in [1.82, 2.24) is 5.32 Å². The number of carbonyl (C=O) groups excluding carboxylic acids is 2. The highest BCUT2D eigenvalue weighted by molar-refractivity contribution is 5.86. The van der Waals surface area contributed by atoms with Crippen LogP contribution in [0, 0.1) is 0 Å². The standard InChI is InChI=1S/C24H30N2O5/c1-17(15-19-11-13-20(29-5)14-12-19)26-31-22(27)21(16-18-9-7-6-8-10-18)25-23(28)30-24(2,3)4/h6-14,21H,15-16H2,1-5H3,(H,25,28)/b26-17+/t21-/m0/s1. The number of hydrogen-bond donors (Lipinski definition) is 1. The predicted octanol–water partition coefficient (Wildman–Crippen LogP) is 4.29. The highest BCUT2D eigenvalue weighted by atomic mass is 16.7. The molecule has 0 aliphatic heterocycles. The maximum atomic E-state index is 12.7. The molecular formula is C24H30N2O5. The summed E-state index contributed by atoms with van der Waals surface area (Å²) in [6.45, 7) is 7.03. The summed E-state index contributed by atoms with van der Waals surface area (Å²) in [5.41, 5.74) is 1.82. The molecule has 2 rings (SSSR count). The maximum Gasteiger partial charge on any atom is 0.408 e. The first kappa shape index (κ1) is 23.9. The smallest absolute Gasteiger partial charge is 0.408 e. The van der Waals surface area contributed by atoms with Gasteiger partial charge in [-0.3, -0.25) is 0 Å². The molecule has 0 heterocycles. The van der Waals surface area contributed by atoms with E-state index in [1.54, 1.807) is 34.8 Å². The second-order valence-corrected chi connectivity index (χ2v) is 8.15. The number of rotatable bonds is 8. The second-order valence-electron chi connectivity index (χ2n) is 8.15. The zero-order valence-electron chi connectivity index (χ0n) is 18.7. The SMILES string of the molecule is COc1ccc(C/C(C)=N/OC(=O)[C@H](Cc2ccccc2)NC(=O)OC(C)(C)C)cc1. The number of hydrogen-bond acceptors (Lipinski definition) is 6. The van der Waals surface area contributed by atoms with E-state index in [1.165, 1.54) is 0 Å². The minimum Gasteiger partial charge on any atom is -0.497 e. The maximum absolute atomic E-state index is 12.7. The summed E-state index contributed by atoms with van der Waals surface area (Å²) in [7, 11) is 1.61. The minimum atomic E-state index is -0.935. The zero-order valence-corrected chi connectivity index (χ0v) is 18.7. The Hall–Kier alpha value is -3.35. The molecule has 0 bridgehead atoms. The van der Waals surface area contributed by atoms with E-state index in [4.69, 9.17) is 14.3 Å². The summed E-state index contributed by atoms with van der Waals surface area (Å²) in [6.07, 6.45) is 0.0795. The number of benzene rings is 2. The fourth-order valence-corrected chi connectivity index (χ4v) is 2.75. The van der Waals surface area contributed by atoms with Gasteiger partial charge in [0.05, 0.1) is 12.8 Å². The third-order valence-electron chi connectivity index (χ3n) is 4.17. The lowest BCUT2D eigenvalue weighted by atomic mass is 10.1. The number of carbonyl (C=O) groups is 2. The Balaban J connectivity index is 2.04. The molecule has 1 N–H and O–H groups in total. The fraction of sp³-hybridized carbons (Fsp3) is 0.375. The molecule has 0 aromatic heterocycles. The summed E-state index contributed by atoms with van der Waals surface area (Å²) < 4.78 is 10.4. The quantitative estimate of drug-likeness (QED) is 0.387. The molecule has 2 aromatic carbocycles. The summed E-state index contributed by atoms with van der Waals surface area (Å²) in [4.78, 5) is 30.0. The van der Waals surface area contributed by atoms with Crippen molar-refractivity contribution in [3.05, 3.63) is 65.7 Å². The van der Waals surface area contributed by atoms with Crippen LogP contribution in [0.2, 0.25) is 0 Å². The summed E-state index contributed by atoms with van der Waals surface area (Å²) in [5.74, 6) is 0.102. The van der Waals surface area contributed by atoms with Crippen molar-refractivity contribution in [3.8, 4) is 5.75 Å². The van der Waals surface area contributed by atoms with Gasteiger partial charge in [0.2, 0.25) is 0 Å². The van der Waals surface area contributed by atoms with Gasteiger partial charge in [-0.15, -0.1) is 0 Å². The molecule has 1 atom stereocenters. The summed E-state index contributed by atoms with van der Waals surface area (Å²) >= 11 is 0. The molecule has 166 valence electrons. The minimum absolute atomic E-state index is 0.256. The van der Waals surface area contributed by atoms with Crippen molar-refractivity contribution in [3.63, 3.8) is 0 Å². The van der Waals surface area contributed by atoms with E-state index < -0.39 is 23.7 Å². The van der Waals surface area contributed by atoms with Crippen LogP contribution in [0.4, 0.5) is 4.79 Å². The van der Waals surface area contributed by atoms with Gasteiger partial charge in [0, 0.05) is 12.8 Å². The van der Waals surface area contributed by atoms with Crippen LogP contribution in [-0.4, -0.2) is 36.5 Å². The number of oxime groups is 1. The molecule has 31 heavy (non-hydrogen) atoms. The van der Waals surface area contributed by atoms with Crippen LogP contribution in [0.15, 0.2) is 59.8 Å². The van der Waals surface area contributed by atoms with Gasteiger partial charge in [-0.25, -0.2) is 9.59 Å². The molecule has 0 saturated carbocycles. The van der Waals surface area contributed by atoms with Crippen LogP contribution in [-0.2, 0) is 27.2 Å². The largest absolute Gasteiger partial charge is 0.497 e. The Kier molecular flexibility index (Phi) is 8.61.